The van der Waals surface area contributed by atoms with E-state index in [4.69, 9.17) is 0 Å². The summed E-state index contributed by atoms with van der Waals surface area (Å²) in [4.78, 5) is 16.6. The van der Waals surface area contributed by atoms with Crippen LogP contribution in [0.4, 0.5) is 0 Å². The van der Waals surface area contributed by atoms with E-state index in [2.05, 4.69) is 17.3 Å². The molecular weight excluding hydrogens is 274 g/mol. The lowest BCUT2D eigenvalue weighted by Crippen LogP contribution is -2.48. The molecule has 1 aliphatic heterocycles. The summed E-state index contributed by atoms with van der Waals surface area (Å²) in [6.45, 7) is 2.75. The molecule has 2 fully saturated rings. The summed E-state index contributed by atoms with van der Waals surface area (Å²) < 4.78 is 0. The third-order valence-corrected chi connectivity index (χ3v) is 4.83. The molecule has 4 nitrogen and oxygen atoms in total. The van der Waals surface area contributed by atoms with Crippen molar-refractivity contribution < 1.29 is 4.79 Å². The van der Waals surface area contributed by atoms with Crippen molar-refractivity contribution in [3.63, 3.8) is 0 Å². The molecule has 1 aliphatic carbocycles. The van der Waals surface area contributed by atoms with E-state index in [-0.39, 0.29) is 12.4 Å². The monoisotopic (exact) mass is 303 g/mol. The van der Waals surface area contributed by atoms with Gasteiger partial charge in [0.15, 0.2) is 0 Å². The van der Waals surface area contributed by atoms with Crippen LogP contribution in [0.25, 0.3) is 0 Å². The van der Waals surface area contributed by atoms with Gasteiger partial charge in [0.1, 0.15) is 0 Å². The van der Waals surface area contributed by atoms with Gasteiger partial charge < -0.3 is 10.2 Å². The zero-order valence-corrected chi connectivity index (χ0v) is 13.8. The average Bonchev–Trinajstić information content (AvgIpc) is 2.48. The van der Waals surface area contributed by atoms with Crippen LogP contribution in [0.5, 0.6) is 0 Å². The van der Waals surface area contributed by atoms with Gasteiger partial charge in [-0.3, -0.25) is 9.69 Å². The van der Waals surface area contributed by atoms with Crippen LogP contribution in [-0.2, 0) is 4.79 Å². The molecule has 0 radical (unpaired) electrons. The molecule has 0 atom stereocenters. The lowest BCUT2D eigenvalue weighted by molar-refractivity contribution is -0.134. The van der Waals surface area contributed by atoms with Crippen LogP contribution in [0.2, 0.25) is 0 Å². The first-order valence-electron chi connectivity index (χ1n) is 7.85. The fraction of sp³-hybridized carbons (Fsp3) is 0.933. The number of hydrogen-bond acceptors (Lipinski definition) is 3. The van der Waals surface area contributed by atoms with E-state index < -0.39 is 0 Å². The lowest BCUT2D eigenvalue weighted by atomic mass is 9.94. The van der Waals surface area contributed by atoms with Crippen molar-refractivity contribution in [2.45, 2.75) is 57.0 Å². The van der Waals surface area contributed by atoms with Gasteiger partial charge in [0, 0.05) is 19.1 Å². The molecule has 118 valence electrons. The van der Waals surface area contributed by atoms with Crippen molar-refractivity contribution in [3.8, 4) is 0 Å². The second-order valence-electron chi connectivity index (χ2n) is 6.19. The maximum Gasteiger partial charge on any atom is 0.236 e. The summed E-state index contributed by atoms with van der Waals surface area (Å²) in [5, 5.41) is 3.38. The molecule has 0 spiro atoms. The maximum absolute atomic E-state index is 12.4. The topological polar surface area (TPSA) is 35.6 Å². The molecule has 20 heavy (non-hydrogen) atoms. The van der Waals surface area contributed by atoms with E-state index in [9.17, 15) is 4.79 Å². The van der Waals surface area contributed by atoms with Crippen molar-refractivity contribution in [1.29, 1.82) is 0 Å². The summed E-state index contributed by atoms with van der Waals surface area (Å²) in [5.41, 5.74) is 0. The first kappa shape index (κ1) is 17.7. The smallest absolute Gasteiger partial charge is 0.236 e. The van der Waals surface area contributed by atoms with Gasteiger partial charge in [-0.25, -0.2) is 0 Å². The zero-order chi connectivity index (χ0) is 13.7. The minimum atomic E-state index is 0. The lowest BCUT2D eigenvalue weighted by Gasteiger charge is -2.35. The van der Waals surface area contributed by atoms with Crippen LogP contribution in [0, 0.1) is 0 Å². The van der Waals surface area contributed by atoms with E-state index in [1.54, 1.807) is 0 Å². The van der Waals surface area contributed by atoms with Crippen LogP contribution in [0.1, 0.15) is 44.9 Å². The SMILES string of the molecule is CN(CC(=O)N(C)C1CCCCC1)C1CCNCC1.Cl. The highest BCUT2D eigenvalue weighted by Gasteiger charge is 2.25. The Morgan fingerprint density at radius 3 is 2.20 bits per heavy atom. The van der Waals surface area contributed by atoms with Gasteiger partial charge in [0.25, 0.3) is 0 Å². The molecule has 0 unspecified atom stereocenters. The van der Waals surface area contributed by atoms with E-state index in [0.717, 1.165) is 25.9 Å². The van der Waals surface area contributed by atoms with Crippen molar-refractivity contribution in [3.05, 3.63) is 0 Å². The highest BCUT2D eigenvalue weighted by atomic mass is 35.5. The molecule has 2 aliphatic rings. The fourth-order valence-electron chi connectivity index (χ4n) is 3.37. The normalized spacial score (nSPS) is 21.6. The van der Waals surface area contributed by atoms with Gasteiger partial charge in [-0.1, -0.05) is 19.3 Å². The number of hydrogen-bond donors (Lipinski definition) is 1. The van der Waals surface area contributed by atoms with Gasteiger partial charge >= 0.3 is 0 Å². The first-order valence-corrected chi connectivity index (χ1v) is 7.85. The molecule has 1 amide bonds. The zero-order valence-electron chi connectivity index (χ0n) is 12.9. The highest BCUT2D eigenvalue weighted by Crippen LogP contribution is 2.22. The second-order valence-corrected chi connectivity index (χ2v) is 6.19. The summed E-state index contributed by atoms with van der Waals surface area (Å²) in [5.74, 6) is 0.299. The Morgan fingerprint density at radius 2 is 1.60 bits per heavy atom. The van der Waals surface area contributed by atoms with Crippen LogP contribution >= 0.6 is 12.4 Å². The predicted octanol–water partition coefficient (Wildman–Crippen LogP) is 1.88. The Balaban J connectivity index is 0.00000200. The molecule has 5 heteroatoms. The Kier molecular flexibility index (Phi) is 7.85. The number of likely N-dealkylation sites (N-methyl/N-ethyl adjacent to an activating group) is 2. The molecule has 0 aromatic heterocycles. The van der Waals surface area contributed by atoms with Crippen molar-refractivity contribution in [2.75, 3.05) is 33.7 Å². The van der Waals surface area contributed by atoms with E-state index in [0.29, 0.717) is 24.5 Å². The minimum absolute atomic E-state index is 0. The van der Waals surface area contributed by atoms with Crippen molar-refractivity contribution >= 4 is 18.3 Å². The van der Waals surface area contributed by atoms with Gasteiger partial charge in [0.05, 0.1) is 6.54 Å². The number of piperidine rings is 1. The molecule has 1 N–H and O–H groups in total. The quantitative estimate of drug-likeness (QED) is 0.861. The highest BCUT2D eigenvalue weighted by molar-refractivity contribution is 5.85. The van der Waals surface area contributed by atoms with Crippen molar-refractivity contribution in [1.82, 2.24) is 15.1 Å². The molecule has 2 rings (SSSR count). The summed E-state index contributed by atoms with van der Waals surface area (Å²) in [7, 11) is 4.09. The van der Waals surface area contributed by atoms with Crippen LogP contribution in [0.15, 0.2) is 0 Å². The minimum Gasteiger partial charge on any atom is -0.342 e. The second kappa shape index (κ2) is 8.85. The molecular formula is C15H30ClN3O. The van der Waals surface area contributed by atoms with Crippen LogP contribution in [-0.4, -0.2) is 61.5 Å². The predicted molar refractivity (Wildman–Crippen MR) is 85.4 cm³/mol. The largest absolute Gasteiger partial charge is 0.342 e. The molecule has 1 saturated heterocycles. The molecule has 0 aromatic rings. The Labute approximate surface area is 129 Å². The Hall–Kier alpha value is -0.320. The number of carbonyl (C=O) groups is 1. The van der Waals surface area contributed by atoms with E-state index >= 15 is 0 Å². The number of nitrogens with one attached hydrogen (secondary N) is 1. The number of amides is 1. The Bertz CT molecular complexity index is 289. The average molecular weight is 304 g/mol. The number of rotatable bonds is 4. The molecule has 1 saturated carbocycles. The maximum atomic E-state index is 12.4. The van der Waals surface area contributed by atoms with Gasteiger partial charge in [-0.15, -0.1) is 12.4 Å². The molecule has 0 bridgehead atoms. The van der Waals surface area contributed by atoms with Gasteiger partial charge in [0.2, 0.25) is 5.91 Å². The standard InChI is InChI=1S/C15H29N3O.ClH/c1-17(13-8-10-16-11-9-13)12-15(19)18(2)14-6-4-3-5-7-14;/h13-14,16H,3-12H2,1-2H3;1H. The summed E-state index contributed by atoms with van der Waals surface area (Å²) in [6.07, 6.45) is 8.62. The third kappa shape index (κ3) is 4.90. The fourth-order valence-corrected chi connectivity index (χ4v) is 3.37. The molecule has 1 heterocycles. The molecule has 0 aromatic carbocycles. The number of nitrogens with zero attached hydrogens (tertiary/aromatic N) is 2. The number of carbonyl (C=O) groups excluding carboxylic acids is 1. The van der Waals surface area contributed by atoms with E-state index in [1.807, 2.05) is 11.9 Å². The van der Waals surface area contributed by atoms with Crippen LogP contribution in [0.3, 0.4) is 0 Å². The summed E-state index contributed by atoms with van der Waals surface area (Å²) in [6, 6.07) is 1.06. The van der Waals surface area contributed by atoms with Crippen molar-refractivity contribution in [2.24, 2.45) is 0 Å². The Morgan fingerprint density at radius 1 is 1.00 bits per heavy atom. The van der Waals surface area contributed by atoms with Crippen LogP contribution < -0.4 is 5.32 Å². The van der Waals surface area contributed by atoms with Gasteiger partial charge in [-0.2, -0.15) is 0 Å². The third-order valence-electron chi connectivity index (χ3n) is 4.83. The first-order chi connectivity index (χ1) is 9.18. The number of halogens is 1. The summed E-state index contributed by atoms with van der Waals surface area (Å²) >= 11 is 0. The van der Waals surface area contributed by atoms with Gasteiger partial charge in [-0.05, 0) is 45.8 Å². The van der Waals surface area contributed by atoms with E-state index in [1.165, 1.54) is 32.1 Å².